The summed E-state index contributed by atoms with van der Waals surface area (Å²) >= 11 is 0. The lowest BCUT2D eigenvalue weighted by molar-refractivity contribution is 0.0990. The molecule has 2 N–H and O–H groups in total. The molecular weight excluding hydrogens is 406 g/mol. The van der Waals surface area contributed by atoms with Crippen molar-refractivity contribution in [2.45, 2.75) is 13.3 Å². The topological polar surface area (TPSA) is 87.7 Å². The van der Waals surface area contributed by atoms with Crippen LogP contribution in [-0.2, 0) is 6.42 Å². The minimum Gasteiger partial charge on any atom is -0.507 e. The number of aromatic amines is 1. The van der Waals surface area contributed by atoms with Crippen LogP contribution in [0.1, 0.15) is 27.2 Å². The highest BCUT2D eigenvalue weighted by molar-refractivity contribution is 6.09. The predicted octanol–water partition coefficient (Wildman–Crippen LogP) is 4.46. The molecular formula is C25H25N3O4. The van der Waals surface area contributed by atoms with Gasteiger partial charge in [-0.2, -0.15) is 5.10 Å². The van der Waals surface area contributed by atoms with E-state index in [-0.39, 0.29) is 17.2 Å². The van der Waals surface area contributed by atoms with Gasteiger partial charge in [0, 0.05) is 36.7 Å². The molecule has 4 rings (SSSR count). The maximum Gasteiger partial charge on any atom is 0.261 e. The first-order chi connectivity index (χ1) is 15.4. The first kappa shape index (κ1) is 21.2. The molecule has 3 aromatic carbocycles. The van der Waals surface area contributed by atoms with Gasteiger partial charge in [0.05, 0.1) is 31.0 Å². The number of H-pyrrole nitrogens is 1. The Kier molecular flexibility index (Phi) is 5.73. The fraction of sp³-hybridized carbons (Fsp3) is 0.200. The van der Waals surface area contributed by atoms with E-state index in [1.165, 1.54) is 23.6 Å². The lowest BCUT2D eigenvalue weighted by Crippen LogP contribution is -2.26. The Balaban J connectivity index is 1.69. The van der Waals surface area contributed by atoms with Crippen molar-refractivity contribution in [2.75, 3.05) is 26.2 Å². The van der Waals surface area contributed by atoms with Gasteiger partial charge in [-0.25, -0.2) is 0 Å². The van der Waals surface area contributed by atoms with Crippen molar-refractivity contribution in [1.29, 1.82) is 0 Å². The zero-order chi connectivity index (χ0) is 22.8. The molecule has 4 aromatic rings. The van der Waals surface area contributed by atoms with E-state index in [2.05, 4.69) is 16.3 Å². The van der Waals surface area contributed by atoms with E-state index in [9.17, 15) is 9.90 Å². The number of phenols is 1. The lowest BCUT2D eigenvalue weighted by atomic mass is 10.0. The molecule has 0 saturated heterocycles. The van der Waals surface area contributed by atoms with Crippen LogP contribution >= 0.6 is 0 Å². The Hall–Kier alpha value is -4.00. The zero-order valence-corrected chi connectivity index (χ0v) is 18.5. The molecule has 0 fully saturated rings. The second kappa shape index (κ2) is 8.63. The third kappa shape index (κ3) is 3.97. The number of amides is 1. The summed E-state index contributed by atoms with van der Waals surface area (Å²) < 4.78 is 10.6. The summed E-state index contributed by atoms with van der Waals surface area (Å²) in [6.45, 7) is 2.05. The number of carbonyl (C=O) groups excluding carboxylic acids is 1. The summed E-state index contributed by atoms with van der Waals surface area (Å²) in [4.78, 5) is 14.7. The van der Waals surface area contributed by atoms with Gasteiger partial charge >= 0.3 is 0 Å². The molecule has 1 heterocycles. The van der Waals surface area contributed by atoms with Crippen molar-refractivity contribution in [3.8, 4) is 17.2 Å². The Morgan fingerprint density at radius 3 is 2.56 bits per heavy atom. The van der Waals surface area contributed by atoms with E-state index in [1.54, 1.807) is 38.4 Å². The highest BCUT2D eigenvalue weighted by Crippen LogP contribution is 2.33. The summed E-state index contributed by atoms with van der Waals surface area (Å²) in [5.41, 5.74) is 4.60. The van der Waals surface area contributed by atoms with E-state index in [1.807, 2.05) is 25.1 Å². The maximum atomic E-state index is 13.3. The number of rotatable bonds is 6. The van der Waals surface area contributed by atoms with E-state index in [4.69, 9.17) is 9.47 Å². The van der Waals surface area contributed by atoms with Crippen molar-refractivity contribution >= 4 is 22.5 Å². The Morgan fingerprint density at radius 1 is 1.06 bits per heavy atom. The largest absolute Gasteiger partial charge is 0.507 e. The van der Waals surface area contributed by atoms with Gasteiger partial charge in [-0.1, -0.05) is 29.8 Å². The minimum atomic E-state index is -0.348. The SMILES string of the molecule is COc1ccc(N(C)C(=O)c2cc3c(Cc4cccc(C)c4)n[nH]c3cc2O)cc1OC. The number of anilines is 1. The summed E-state index contributed by atoms with van der Waals surface area (Å²) in [7, 11) is 4.74. The third-order valence-electron chi connectivity index (χ3n) is 5.50. The summed E-state index contributed by atoms with van der Waals surface area (Å²) in [5, 5.41) is 18.7. The van der Waals surface area contributed by atoms with E-state index in [0.717, 1.165) is 16.6 Å². The molecule has 0 atom stereocenters. The number of fused-ring (bicyclic) bond motifs is 1. The fourth-order valence-electron chi connectivity index (χ4n) is 3.76. The summed E-state index contributed by atoms with van der Waals surface area (Å²) in [6, 6.07) is 16.7. The average molecular weight is 431 g/mol. The first-order valence-corrected chi connectivity index (χ1v) is 10.2. The van der Waals surface area contributed by atoms with Gasteiger partial charge in [-0.15, -0.1) is 0 Å². The lowest BCUT2D eigenvalue weighted by Gasteiger charge is -2.19. The molecule has 0 unspecified atom stereocenters. The molecule has 1 amide bonds. The molecule has 0 aliphatic heterocycles. The van der Waals surface area contributed by atoms with E-state index < -0.39 is 0 Å². The maximum absolute atomic E-state index is 13.3. The molecule has 0 aliphatic carbocycles. The van der Waals surface area contributed by atoms with Crippen molar-refractivity contribution in [1.82, 2.24) is 10.2 Å². The number of nitrogens with one attached hydrogen (secondary N) is 1. The van der Waals surface area contributed by atoms with Crippen LogP contribution in [0.2, 0.25) is 0 Å². The molecule has 0 radical (unpaired) electrons. The number of aromatic hydroxyl groups is 1. The zero-order valence-electron chi connectivity index (χ0n) is 18.5. The van der Waals surface area contributed by atoms with Gasteiger partial charge in [0.2, 0.25) is 0 Å². The number of hydrogen-bond acceptors (Lipinski definition) is 5. The number of benzene rings is 3. The number of methoxy groups -OCH3 is 2. The van der Waals surface area contributed by atoms with E-state index >= 15 is 0 Å². The molecule has 0 bridgehead atoms. The summed E-state index contributed by atoms with van der Waals surface area (Å²) in [6.07, 6.45) is 0.617. The molecule has 32 heavy (non-hydrogen) atoms. The van der Waals surface area contributed by atoms with Crippen LogP contribution in [0.25, 0.3) is 10.9 Å². The monoisotopic (exact) mass is 431 g/mol. The Morgan fingerprint density at radius 2 is 1.84 bits per heavy atom. The van der Waals surface area contributed by atoms with Crippen molar-refractivity contribution in [3.63, 3.8) is 0 Å². The van der Waals surface area contributed by atoms with Crippen LogP contribution in [0.3, 0.4) is 0 Å². The standard InChI is InChI=1S/C25H25N3O4/c1-15-6-5-7-16(10-15)11-20-18-13-19(22(29)14-21(18)27-26-20)25(30)28(2)17-8-9-23(31-3)24(12-17)32-4/h5-10,12-14,29H,11H2,1-4H3,(H,26,27). The number of nitrogens with zero attached hydrogens (tertiary/aromatic N) is 2. The second-order valence-corrected chi connectivity index (χ2v) is 7.65. The minimum absolute atomic E-state index is 0.111. The predicted molar refractivity (Wildman–Crippen MR) is 124 cm³/mol. The quantitative estimate of drug-likeness (QED) is 0.471. The molecule has 1 aromatic heterocycles. The van der Waals surface area contributed by atoms with Crippen molar-refractivity contribution in [3.05, 3.63) is 77.0 Å². The van der Waals surface area contributed by atoms with Gasteiger partial charge in [-0.05, 0) is 30.7 Å². The number of aromatic nitrogens is 2. The van der Waals surface area contributed by atoms with Crippen molar-refractivity contribution in [2.24, 2.45) is 0 Å². The molecule has 7 nitrogen and oxygen atoms in total. The highest BCUT2D eigenvalue weighted by Gasteiger charge is 2.21. The molecule has 0 saturated carbocycles. The average Bonchev–Trinajstić information content (AvgIpc) is 3.18. The van der Waals surface area contributed by atoms with Crippen LogP contribution in [0.15, 0.2) is 54.6 Å². The van der Waals surface area contributed by atoms with Gasteiger partial charge in [0.1, 0.15) is 5.75 Å². The number of phenolic OH excluding ortho intramolecular Hbond substituents is 1. The molecule has 7 heteroatoms. The van der Waals surface area contributed by atoms with Gasteiger partial charge in [0.15, 0.2) is 11.5 Å². The first-order valence-electron chi connectivity index (χ1n) is 10.2. The van der Waals surface area contributed by atoms with Gasteiger partial charge in [0.25, 0.3) is 5.91 Å². The van der Waals surface area contributed by atoms with Gasteiger partial charge < -0.3 is 19.5 Å². The number of hydrogen-bond donors (Lipinski definition) is 2. The van der Waals surface area contributed by atoms with Crippen LogP contribution in [-0.4, -0.2) is 42.5 Å². The van der Waals surface area contributed by atoms with Crippen LogP contribution < -0.4 is 14.4 Å². The normalized spacial score (nSPS) is 10.9. The van der Waals surface area contributed by atoms with E-state index in [0.29, 0.717) is 29.1 Å². The van der Waals surface area contributed by atoms with Crippen LogP contribution in [0.5, 0.6) is 17.2 Å². The second-order valence-electron chi connectivity index (χ2n) is 7.65. The highest BCUT2D eigenvalue weighted by atomic mass is 16.5. The Labute approximate surface area is 186 Å². The fourth-order valence-corrected chi connectivity index (χ4v) is 3.76. The van der Waals surface area contributed by atoms with Crippen molar-refractivity contribution < 1.29 is 19.4 Å². The van der Waals surface area contributed by atoms with Crippen LogP contribution in [0.4, 0.5) is 5.69 Å². The molecule has 164 valence electrons. The smallest absolute Gasteiger partial charge is 0.261 e. The number of aryl methyl sites for hydroxylation is 1. The number of ether oxygens (including phenoxy) is 2. The molecule has 0 aliphatic rings. The summed E-state index contributed by atoms with van der Waals surface area (Å²) in [5.74, 6) is 0.625. The van der Waals surface area contributed by atoms with Gasteiger partial charge in [-0.3, -0.25) is 9.89 Å². The Bertz CT molecular complexity index is 1300. The number of carbonyl (C=O) groups is 1. The molecule has 0 spiro atoms. The third-order valence-corrected chi connectivity index (χ3v) is 5.50. The van der Waals surface area contributed by atoms with Crippen LogP contribution in [0, 0.1) is 6.92 Å².